The molecule has 31 heavy (non-hydrogen) atoms. The van der Waals surface area contributed by atoms with Gasteiger partial charge in [-0.05, 0) is 49.5 Å². The number of hydrogen-bond donors (Lipinski definition) is 2. The summed E-state index contributed by atoms with van der Waals surface area (Å²) in [6.07, 6.45) is 1.83. The largest absolute Gasteiger partial charge is 0.368 e. The summed E-state index contributed by atoms with van der Waals surface area (Å²) in [5, 5.41) is 10.2. The van der Waals surface area contributed by atoms with Crippen LogP contribution < -0.4 is 4.90 Å². The van der Waals surface area contributed by atoms with E-state index in [0.717, 1.165) is 65.2 Å². The fraction of sp³-hybridized carbons (Fsp3) is 0.200. The van der Waals surface area contributed by atoms with Crippen molar-refractivity contribution in [2.24, 2.45) is 0 Å². The molecule has 3 aromatic heterocycles. The maximum Gasteiger partial charge on any atom is 0.116 e. The molecule has 0 spiro atoms. The molecular formula is C25H24N6. The molecule has 154 valence electrons. The molecule has 2 aromatic carbocycles. The lowest BCUT2D eigenvalue weighted by Gasteiger charge is -2.34. The average Bonchev–Trinajstić information content (AvgIpc) is 3.43. The molecule has 4 heterocycles. The van der Waals surface area contributed by atoms with Crippen LogP contribution in [0.1, 0.15) is 0 Å². The quantitative estimate of drug-likeness (QED) is 0.461. The van der Waals surface area contributed by atoms with Crippen LogP contribution in [0.3, 0.4) is 0 Å². The number of rotatable bonds is 3. The summed E-state index contributed by atoms with van der Waals surface area (Å²) in [6.45, 7) is 4.28. The standard InChI is InChI=1S/C25H24N6/c1-30-11-13-31(14-12-30)24-7-4-6-21-18(24)16-23(27-21)25-19-15-17(8-9-22(19)28-29-25)20-5-2-3-10-26-20/h2-10,15-16,27H,11-14H2,1H3,(H,28,29). The van der Waals surface area contributed by atoms with Gasteiger partial charge in [-0.15, -0.1) is 0 Å². The van der Waals surface area contributed by atoms with Gasteiger partial charge in [0.15, 0.2) is 0 Å². The highest BCUT2D eigenvalue weighted by Gasteiger charge is 2.19. The first kappa shape index (κ1) is 18.2. The third-order valence-corrected chi connectivity index (χ3v) is 6.26. The molecule has 0 unspecified atom stereocenters. The van der Waals surface area contributed by atoms with Crippen LogP contribution in [0.4, 0.5) is 5.69 Å². The number of fused-ring (bicyclic) bond motifs is 2. The van der Waals surface area contributed by atoms with Gasteiger partial charge in [0.2, 0.25) is 0 Å². The molecule has 6 rings (SSSR count). The van der Waals surface area contributed by atoms with Gasteiger partial charge < -0.3 is 14.8 Å². The third-order valence-electron chi connectivity index (χ3n) is 6.26. The molecule has 1 saturated heterocycles. The zero-order valence-corrected chi connectivity index (χ0v) is 17.5. The summed E-state index contributed by atoms with van der Waals surface area (Å²) in [5.41, 5.74) is 7.48. The molecule has 6 nitrogen and oxygen atoms in total. The number of nitrogens with one attached hydrogen (secondary N) is 2. The average molecular weight is 409 g/mol. The van der Waals surface area contributed by atoms with Gasteiger partial charge in [0.25, 0.3) is 0 Å². The van der Waals surface area contributed by atoms with E-state index in [1.54, 1.807) is 0 Å². The highest BCUT2D eigenvalue weighted by Crippen LogP contribution is 2.34. The Hall–Kier alpha value is -3.64. The molecule has 0 aliphatic carbocycles. The van der Waals surface area contributed by atoms with Gasteiger partial charge in [-0.1, -0.05) is 18.2 Å². The second kappa shape index (κ2) is 7.25. The van der Waals surface area contributed by atoms with E-state index in [9.17, 15) is 0 Å². The van der Waals surface area contributed by atoms with Crippen LogP contribution in [0.25, 0.3) is 44.5 Å². The number of anilines is 1. The van der Waals surface area contributed by atoms with Gasteiger partial charge in [-0.3, -0.25) is 10.1 Å². The Kier molecular flexibility index (Phi) is 4.25. The predicted molar refractivity (Wildman–Crippen MR) is 126 cm³/mol. The SMILES string of the molecule is CN1CCN(c2cccc3[nH]c(-c4n[nH]c5ccc(-c6ccccn6)cc45)cc23)CC1. The second-order valence-corrected chi connectivity index (χ2v) is 8.26. The fourth-order valence-electron chi connectivity index (χ4n) is 4.50. The lowest BCUT2D eigenvalue weighted by molar-refractivity contribution is 0.313. The van der Waals surface area contributed by atoms with Crippen molar-refractivity contribution < 1.29 is 0 Å². The van der Waals surface area contributed by atoms with E-state index in [-0.39, 0.29) is 0 Å². The molecule has 1 aliphatic rings. The number of likely N-dealkylation sites (N-methyl/N-ethyl adjacent to an activating group) is 1. The van der Waals surface area contributed by atoms with Crippen molar-refractivity contribution in [1.82, 2.24) is 25.1 Å². The van der Waals surface area contributed by atoms with Crippen molar-refractivity contribution in [3.05, 3.63) is 66.9 Å². The van der Waals surface area contributed by atoms with Crippen LogP contribution in [0, 0.1) is 0 Å². The molecule has 0 amide bonds. The van der Waals surface area contributed by atoms with Gasteiger partial charge in [-0.2, -0.15) is 5.10 Å². The van der Waals surface area contributed by atoms with Crippen LogP contribution in [0.2, 0.25) is 0 Å². The number of aromatic amines is 2. The second-order valence-electron chi connectivity index (χ2n) is 8.26. The Bertz CT molecular complexity index is 1360. The van der Waals surface area contributed by atoms with Crippen LogP contribution in [-0.2, 0) is 0 Å². The molecule has 5 aromatic rings. The van der Waals surface area contributed by atoms with Crippen LogP contribution >= 0.6 is 0 Å². The Morgan fingerprint density at radius 3 is 2.58 bits per heavy atom. The molecule has 1 aliphatic heterocycles. The molecule has 0 radical (unpaired) electrons. The Labute approximate surface area is 180 Å². The Morgan fingerprint density at radius 2 is 1.74 bits per heavy atom. The van der Waals surface area contributed by atoms with Crippen LogP contribution in [-0.4, -0.2) is 58.3 Å². The minimum atomic E-state index is 0.938. The predicted octanol–water partition coefficient (Wildman–Crippen LogP) is 4.53. The smallest absolute Gasteiger partial charge is 0.116 e. The number of benzene rings is 2. The first-order chi connectivity index (χ1) is 15.3. The van der Waals surface area contributed by atoms with Gasteiger partial charge in [0, 0.05) is 59.9 Å². The first-order valence-corrected chi connectivity index (χ1v) is 10.7. The molecule has 0 atom stereocenters. The fourth-order valence-corrected chi connectivity index (χ4v) is 4.50. The number of piperazine rings is 1. The molecular weight excluding hydrogens is 384 g/mol. The van der Waals surface area contributed by atoms with Gasteiger partial charge in [0.05, 0.1) is 16.9 Å². The van der Waals surface area contributed by atoms with Gasteiger partial charge in [-0.25, -0.2) is 0 Å². The molecule has 0 bridgehead atoms. The minimum Gasteiger partial charge on any atom is -0.368 e. The zero-order chi connectivity index (χ0) is 20.8. The monoisotopic (exact) mass is 408 g/mol. The van der Waals surface area contributed by atoms with E-state index in [0.29, 0.717) is 0 Å². The lowest BCUT2D eigenvalue weighted by Crippen LogP contribution is -2.44. The van der Waals surface area contributed by atoms with E-state index in [2.05, 4.69) is 79.5 Å². The first-order valence-electron chi connectivity index (χ1n) is 10.7. The number of nitrogens with zero attached hydrogens (tertiary/aromatic N) is 4. The van der Waals surface area contributed by atoms with Gasteiger partial charge in [0.1, 0.15) is 5.69 Å². The number of hydrogen-bond acceptors (Lipinski definition) is 4. The topological polar surface area (TPSA) is 63.8 Å². The lowest BCUT2D eigenvalue weighted by atomic mass is 10.1. The van der Waals surface area contributed by atoms with E-state index in [4.69, 9.17) is 0 Å². The van der Waals surface area contributed by atoms with E-state index in [1.807, 2.05) is 24.4 Å². The van der Waals surface area contributed by atoms with Crippen molar-refractivity contribution in [2.45, 2.75) is 0 Å². The summed E-state index contributed by atoms with van der Waals surface area (Å²) in [6, 6.07) is 21.1. The summed E-state index contributed by atoms with van der Waals surface area (Å²) in [4.78, 5) is 13.0. The van der Waals surface area contributed by atoms with Crippen molar-refractivity contribution in [2.75, 3.05) is 38.1 Å². The maximum atomic E-state index is 4.65. The highest BCUT2D eigenvalue weighted by atomic mass is 15.2. The van der Waals surface area contributed by atoms with E-state index in [1.165, 1.54) is 11.1 Å². The number of aromatic nitrogens is 4. The normalized spacial score (nSPS) is 15.2. The third kappa shape index (κ3) is 3.16. The van der Waals surface area contributed by atoms with Crippen molar-refractivity contribution >= 4 is 27.5 Å². The summed E-state index contributed by atoms with van der Waals surface area (Å²) < 4.78 is 0. The van der Waals surface area contributed by atoms with Crippen molar-refractivity contribution in [3.8, 4) is 22.6 Å². The Balaban J connectivity index is 1.44. The molecule has 2 N–H and O–H groups in total. The van der Waals surface area contributed by atoms with Crippen LogP contribution in [0.15, 0.2) is 66.9 Å². The summed E-state index contributed by atoms with van der Waals surface area (Å²) in [5.74, 6) is 0. The highest BCUT2D eigenvalue weighted by molar-refractivity contribution is 6.00. The molecule has 1 fully saturated rings. The molecule has 0 saturated carbocycles. The number of pyridine rings is 1. The maximum absolute atomic E-state index is 4.65. The van der Waals surface area contributed by atoms with Gasteiger partial charge >= 0.3 is 0 Å². The van der Waals surface area contributed by atoms with Crippen molar-refractivity contribution in [1.29, 1.82) is 0 Å². The van der Waals surface area contributed by atoms with E-state index < -0.39 is 0 Å². The number of H-pyrrole nitrogens is 2. The summed E-state index contributed by atoms with van der Waals surface area (Å²) in [7, 11) is 2.19. The summed E-state index contributed by atoms with van der Waals surface area (Å²) >= 11 is 0. The minimum absolute atomic E-state index is 0.938. The van der Waals surface area contributed by atoms with E-state index >= 15 is 0 Å². The molecule has 6 heteroatoms. The van der Waals surface area contributed by atoms with Crippen LogP contribution in [0.5, 0.6) is 0 Å². The Morgan fingerprint density at radius 1 is 0.839 bits per heavy atom. The van der Waals surface area contributed by atoms with Crippen molar-refractivity contribution in [3.63, 3.8) is 0 Å². The zero-order valence-electron chi connectivity index (χ0n) is 17.5.